The second kappa shape index (κ2) is 11.5. The molecule has 3 heterocycles. The van der Waals surface area contributed by atoms with Gasteiger partial charge in [-0.1, -0.05) is 74.5 Å². The maximum atomic E-state index is 13.1. The lowest BCUT2D eigenvalue weighted by atomic mass is 9.91. The average Bonchev–Trinajstić information content (AvgIpc) is 3.41. The number of amidine groups is 1. The summed E-state index contributed by atoms with van der Waals surface area (Å²) >= 11 is 0. The van der Waals surface area contributed by atoms with Crippen LogP contribution in [-0.2, 0) is 4.79 Å². The third-order valence-corrected chi connectivity index (χ3v) is 7.02. The lowest BCUT2D eigenvalue weighted by molar-refractivity contribution is -0.134. The number of benzene rings is 2. The van der Waals surface area contributed by atoms with Gasteiger partial charge in [-0.3, -0.25) is 14.6 Å². The normalized spacial score (nSPS) is 18.9. The third kappa shape index (κ3) is 5.11. The van der Waals surface area contributed by atoms with Crippen LogP contribution in [0.5, 0.6) is 0 Å². The van der Waals surface area contributed by atoms with Crippen LogP contribution in [-0.4, -0.2) is 64.4 Å². The Morgan fingerprint density at radius 2 is 1.55 bits per heavy atom. The molecule has 2 aliphatic heterocycles. The van der Waals surface area contributed by atoms with Crippen LogP contribution in [0.25, 0.3) is 0 Å². The lowest BCUT2D eigenvalue weighted by Gasteiger charge is -2.40. The van der Waals surface area contributed by atoms with E-state index in [1.807, 2.05) is 38.1 Å². The number of fused-ring (bicyclic) bond motifs is 1. The highest BCUT2D eigenvalue weighted by Gasteiger charge is 2.49. The molecule has 0 saturated carbocycles. The van der Waals surface area contributed by atoms with Crippen LogP contribution in [0.15, 0.2) is 84.0 Å². The smallest absolute Gasteiger partial charge is 0.328 e. The second-order valence-corrected chi connectivity index (χ2v) is 9.67. The molecule has 8 nitrogen and oxygen atoms in total. The molecule has 8 heteroatoms. The van der Waals surface area contributed by atoms with Crippen molar-refractivity contribution in [3.05, 3.63) is 95.7 Å². The number of aliphatic imine (C=N–C) groups is 1. The zero-order valence-corrected chi connectivity index (χ0v) is 21.9. The van der Waals surface area contributed by atoms with Crippen molar-refractivity contribution in [2.75, 3.05) is 25.0 Å². The summed E-state index contributed by atoms with van der Waals surface area (Å²) in [6.07, 6.45) is 2.73. The van der Waals surface area contributed by atoms with E-state index in [1.54, 1.807) is 11.1 Å². The Hall–Kier alpha value is -4.20. The molecule has 38 heavy (non-hydrogen) atoms. The molecule has 2 N–H and O–H groups in total. The first-order valence-electron chi connectivity index (χ1n) is 13.4. The van der Waals surface area contributed by atoms with Gasteiger partial charge >= 0.3 is 6.03 Å². The molecule has 2 unspecified atom stereocenters. The highest BCUT2D eigenvalue weighted by atomic mass is 16.2. The Kier molecular flexibility index (Phi) is 7.67. The van der Waals surface area contributed by atoms with E-state index in [0.717, 1.165) is 24.2 Å². The predicted octanol–water partition coefficient (Wildman–Crippen LogP) is 4.45. The quantitative estimate of drug-likeness (QED) is 0.421. The van der Waals surface area contributed by atoms with Crippen molar-refractivity contribution < 1.29 is 9.59 Å². The number of carbonyl (C=O) groups excluding carboxylic acids is 2. The summed E-state index contributed by atoms with van der Waals surface area (Å²) in [5, 5.41) is 6.75. The molecule has 196 valence electrons. The van der Waals surface area contributed by atoms with Crippen LogP contribution < -0.4 is 10.6 Å². The van der Waals surface area contributed by atoms with Crippen molar-refractivity contribution in [1.82, 2.24) is 20.1 Å². The molecule has 3 amide bonds. The molecular formula is C30H34N6O2. The number of hydrogen-bond donors (Lipinski definition) is 2. The number of nitrogens with one attached hydrogen (secondary N) is 2. The molecule has 2 aromatic carbocycles. The van der Waals surface area contributed by atoms with Crippen LogP contribution >= 0.6 is 0 Å². The Balaban J connectivity index is 1.31. The number of anilines is 1. The van der Waals surface area contributed by atoms with Gasteiger partial charge in [0.2, 0.25) is 0 Å². The number of amides is 3. The summed E-state index contributed by atoms with van der Waals surface area (Å²) in [7, 11) is 0. The highest BCUT2D eigenvalue weighted by Crippen LogP contribution is 2.27. The molecule has 0 bridgehead atoms. The van der Waals surface area contributed by atoms with Gasteiger partial charge in [0.05, 0.1) is 0 Å². The van der Waals surface area contributed by atoms with Crippen LogP contribution in [0, 0.1) is 0 Å². The van der Waals surface area contributed by atoms with E-state index in [0.29, 0.717) is 25.5 Å². The fourth-order valence-corrected chi connectivity index (χ4v) is 5.14. The van der Waals surface area contributed by atoms with E-state index in [1.165, 1.54) is 16.0 Å². The summed E-state index contributed by atoms with van der Waals surface area (Å²) in [6, 6.07) is 23.9. The molecule has 1 fully saturated rings. The first-order valence-corrected chi connectivity index (χ1v) is 13.4. The standard InChI is InChI=1S/C30H34N6O2/c1-3-17-35-28-26(29(37)36(18-4-2)30(35)38)33-27(34-28)23-15-16-25(31-19-23)32-20-24(21-11-7-5-8-12-21)22-13-9-6-10-14-22/h5-16,19,24,26,28H,3-4,17-18,20H2,1-2H3,(H,31,32)(H,33,34). The Labute approximate surface area is 223 Å². The topological polar surface area (TPSA) is 89.9 Å². The number of aromatic nitrogens is 1. The van der Waals surface area contributed by atoms with E-state index < -0.39 is 12.2 Å². The lowest BCUT2D eigenvalue weighted by Crippen LogP contribution is -2.65. The fourth-order valence-electron chi connectivity index (χ4n) is 5.14. The zero-order chi connectivity index (χ0) is 26.5. The number of imide groups is 1. The zero-order valence-electron chi connectivity index (χ0n) is 21.9. The van der Waals surface area contributed by atoms with Gasteiger partial charge in [-0.25, -0.2) is 14.8 Å². The summed E-state index contributed by atoms with van der Waals surface area (Å²) in [5.41, 5.74) is 3.26. The predicted molar refractivity (Wildman–Crippen MR) is 149 cm³/mol. The maximum absolute atomic E-state index is 13.1. The van der Waals surface area contributed by atoms with Gasteiger partial charge in [-0.2, -0.15) is 0 Å². The van der Waals surface area contributed by atoms with E-state index in [9.17, 15) is 9.59 Å². The number of carbonyl (C=O) groups is 2. The van der Waals surface area contributed by atoms with Crippen LogP contribution in [0.4, 0.5) is 10.6 Å². The summed E-state index contributed by atoms with van der Waals surface area (Å²) < 4.78 is 0. The van der Waals surface area contributed by atoms with Gasteiger partial charge in [0.25, 0.3) is 5.91 Å². The number of rotatable bonds is 10. The number of urea groups is 1. The van der Waals surface area contributed by atoms with Crippen molar-refractivity contribution in [3.8, 4) is 0 Å². The van der Waals surface area contributed by atoms with Gasteiger partial charge in [0.15, 0.2) is 6.17 Å². The van der Waals surface area contributed by atoms with Gasteiger partial charge in [-0.15, -0.1) is 0 Å². The molecule has 1 saturated heterocycles. The minimum atomic E-state index is -0.573. The minimum Gasteiger partial charge on any atom is -0.369 e. The van der Waals surface area contributed by atoms with Gasteiger partial charge < -0.3 is 10.6 Å². The van der Waals surface area contributed by atoms with Crippen molar-refractivity contribution >= 4 is 23.6 Å². The van der Waals surface area contributed by atoms with Crippen molar-refractivity contribution in [2.45, 2.75) is 44.8 Å². The second-order valence-electron chi connectivity index (χ2n) is 9.67. The molecule has 0 spiro atoms. The molecule has 0 radical (unpaired) electrons. The Bertz CT molecular complexity index is 1240. The number of pyridine rings is 1. The number of hydrogen-bond acceptors (Lipinski definition) is 6. The van der Waals surface area contributed by atoms with E-state index in [4.69, 9.17) is 4.99 Å². The summed E-state index contributed by atoms with van der Waals surface area (Å²) in [4.78, 5) is 38.5. The van der Waals surface area contributed by atoms with Gasteiger partial charge in [0, 0.05) is 37.3 Å². The minimum absolute atomic E-state index is 0.182. The average molecular weight is 511 g/mol. The highest BCUT2D eigenvalue weighted by molar-refractivity contribution is 6.08. The molecule has 0 aliphatic carbocycles. The molecular weight excluding hydrogens is 476 g/mol. The molecule has 1 aromatic heterocycles. The fraction of sp³-hybridized carbons (Fsp3) is 0.333. The van der Waals surface area contributed by atoms with E-state index in [-0.39, 0.29) is 17.9 Å². The SMILES string of the molecule is CCCN1C(=O)C2NC(c3ccc(NCC(c4ccccc4)c4ccccc4)nc3)=NC2N(CCC)C1=O. The van der Waals surface area contributed by atoms with Gasteiger partial charge in [-0.05, 0) is 36.1 Å². The van der Waals surface area contributed by atoms with Gasteiger partial charge in [0.1, 0.15) is 17.7 Å². The van der Waals surface area contributed by atoms with Crippen LogP contribution in [0.3, 0.4) is 0 Å². The summed E-state index contributed by atoms with van der Waals surface area (Å²) in [6.45, 7) is 5.64. The third-order valence-electron chi connectivity index (χ3n) is 7.02. The van der Waals surface area contributed by atoms with Crippen molar-refractivity contribution in [3.63, 3.8) is 0 Å². The van der Waals surface area contributed by atoms with Crippen molar-refractivity contribution in [2.24, 2.45) is 4.99 Å². The van der Waals surface area contributed by atoms with E-state index in [2.05, 4.69) is 64.1 Å². The monoisotopic (exact) mass is 510 g/mol. The molecule has 5 rings (SSSR count). The molecule has 3 aromatic rings. The first kappa shape index (κ1) is 25.4. The van der Waals surface area contributed by atoms with Crippen LogP contribution in [0.2, 0.25) is 0 Å². The van der Waals surface area contributed by atoms with E-state index >= 15 is 0 Å². The molecule has 2 aliphatic rings. The van der Waals surface area contributed by atoms with Crippen molar-refractivity contribution in [1.29, 1.82) is 0 Å². The first-order chi connectivity index (χ1) is 18.6. The molecule has 2 atom stereocenters. The maximum Gasteiger partial charge on any atom is 0.328 e. The summed E-state index contributed by atoms with van der Waals surface area (Å²) in [5.74, 6) is 1.31. The number of nitrogens with zero attached hydrogens (tertiary/aromatic N) is 4. The largest absolute Gasteiger partial charge is 0.369 e. The Morgan fingerprint density at radius 3 is 2.13 bits per heavy atom. The Morgan fingerprint density at radius 1 is 0.895 bits per heavy atom. The van der Waals surface area contributed by atoms with Crippen LogP contribution in [0.1, 0.15) is 49.3 Å².